The molecule has 2 aliphatic heterocycles. The fourth-order valence-corrected chi connectivity index (χ4v) is 3.55. The molecule has 5 nitrogen and oxygen atoms in total. The van der Waals surface area contributed by atoms with Gasteiger partial charge in [0.15, 0.2) is 0 Å². The molecule has 0 saturated carbocycles. The number of benzene rings is 1. The van der Waals surface area contributed by atoms with Crippen molar-refractivity contribution in [2.75, 3.05) is 46.0 Å². The fourth-order valence-electron chi connectivity index (χ4n) is 3.55. The molecule has 1 fully saturated rings. The van der Waals surface area contributed by atoms with Crippen LogP contribution >= 0.6 is 0 Å². The van der Waals surface area contributed by atoms with Crippen LogP contribution in [0, 0.1) is 0 Å². The van der Waals surface area contributed by atoms with Gasteiger partial charge in [0, 0.05) is 38.8 Å². The number of rotatable bonds is 6. The summed E-state index contributed by atoms with van der Waals surface area (Å²) in [4.78, 5) is 4.68. The Morgan fingerprint density at radius 2 is 1.95 bits per heavy atom. The minimum atomic E-state index is -0.289. The number of likely N-dealkylation sites (tertiary alicyclic amines) is 1. The maximum absolute atomic E-state index is 10.4. The Bertz CT molecular complexity index is 483. The van der Waals surface area contributed by atoms with Crippen molar-refractivity contribution in [1.82, 2.24) is 9.80 Å². The average molecular weight is 306 g/mol. The number of ether oxygens (including phenoxy) is 1. The van der Waals surface area contributed by atoms with Gasteiger partial charge in [-0.1, -0.05) is 24.3 Å². The summed E-state index contributed by atoms with van der Waals surface area (Å²) in [6, 6.07) is 8.82. The number of fused-ring (bicyclic) bond motifs is 1. The molecule has 0 radical (unpaired) electrons. The van der Waals surface area contributed by atoms with Crippen LogP contribution < -0.4 is 0 Å². The van der Waals surface area contributed by atoms with Gasteiger partial charge in [-0.25, -0.2) is 0 Å². The van der Waals surface area contributed by atoms with E-state index < -0.39 is 0 Å². The molecule has 2 N–H and O–H groups in total. The summed E-state index contributed by atoms with van der Waals surface area (Å²) in [5, 5.41) is 19.1. The zero-order valence-corrected chi connectivity index (χ0v) is 13.0. The number of aliphatic hydroxyl groups is 2. The van der Waals surface area contributed by atoms with Crippen molar-refractivity contribution >= 4 is 0 Å². The molecule has 0 spiro atoms. The van der Waals surface area contributed by atoms with E-state index in [0.29, 0.717) is 19.8 Å². The molecular weight excluding hydrogens is 280 g/mol. The summed E-state index contributed by atoms with van der Waals surface area (Å²) in [6.45, 7) is 5.46. The molecule has 22 heavy (non-hydrogen) atoms. The zero-order valence-electron chi connectivity index (χ0n) is 13.0. The maximum atomic E-state index is 10.4. The molecule has 0 unspecified atom stereocenters. The van der Waals surface area contributed by atoms with Crippen LogP contribution in [0.25, 0.3) is 0 Å². The lowest BCUT2D eigenvalue weighted by Crippen LogP contribution is -2.45. The topological polar surface area (TPSA) is 56.2 Å². The Hall–Kier alpha value is -0.980. The van der Waals surface area contributed by atoms with Gasteiger partial charge >= 0.3 is 0 Å². The number of β-amino-alcohol motifs (C(OH)–C–C–N with tert-alkyl or cyclic N) is 1. The van der Waals surface area contributed by atoms with E-state index in [1.165, 1.54) is 11.1 Å². The molecule has 0 aromatic heterocycles. The van der Waals surface area contributed by atoms with Crippen molar-refractivity contribution in [2.24, 2.45) is 0 Å². The van der Waals surface area contributed by atoms with E-state index in [2.05, 4.69) is 34.1 Å². The summed E-state index contributed by atoms with van der Waals surface area (Å²) in [6.07, 6.45) is 0.780. The summed E-state index contributed by atoms with van der Waals surface area (Å²) in [5.74, 6) is 0. The van der Waals surface area contributed by atoms with Gasteiger partial charge in [0.25, 0.3) is 0 Å². The summed E-state index contributed by atoms with van der Waals surface area (Å²) in [7, 11) is 0. The summed E-state index contributed by atoms with van der Waals surface area (Å²) in [5.41, 5.74) is 2.84. The fraction of sp³-hybridized carbons (Fsp3) is 0.647. The van der Waals surface area contributed by atoms with Crippen molar-refractivity contribution in [3.63, 3.8) is 0 Å². The largest absolute Gasteiger partial charge is 0.394 e. The normalized spacial score (nSPS) is 26.3. The predicted octanol–water partition coefficient (Wildman–Crippen LogP) is 0.0987. The third-order valence-corrected chi connectivity index (χ3v) is 4.75. The van der Waals surface area contributed by atoms with Crippen molar-refractivity contribution in [1.29, 1.82) is 0 Å². The SMILES string of the molecule is OCCOCCN1C[C@@H](O)[C@H](N2CCc3ccccc3C2)C1. The Morgan fingerprint density at radius 3 is 2.77 bits per heavy atom. The van der Waals surface area contributed by atoms with Gasteiger partial charge < -0.3 is 14.9 Å². The molecule has 5 heteroatoms. The first-order chi connectivity index (χ1) is 10.8. The third kappa shape index (κ3) is 3.67. The Labute approximate surface area is 132 Å². The predicted molar refractivity (Wildman–Crippen MR) is 84.7 cm³/mol. The van der Waals surface area contributed by atoms with Gasteiger partial charge in [0.05, 0.1) is 25.9 Å². The van der Waals surface area contributed by atoms with E-state index in [9.17, 15) is 5.11 Å². The zero-order chi connectivity index (χ0) is 15.4. The Balaban J connectivity index is 1.53. The molecule has 2 heterocycles. The van der Waals surface area contributed by atoms with Crippen LogP contribution in [0.5, 0.6) is 0 Å². The first-order valence-electron chi connectivity index (χ1n) is 8.18. The van der Waals surface area contributed by atoms with Crippen LogP contribution in [0.2, 0.25) is 0 Å². The molecule has 1 aromatic carbocycles. The minimum absolute atomic E-state index is 0.0679. The van der Waals surface area contributed by atoms with Gasteiger partial charge in [0.2, 0.25) is 0 Å². The summed E-state index contributed by atoms with van der Waals surface area (Å²) >= 11 is 0. The van der Waals surface area contributed by atoms with E-state index in [-0.39, 0.29) is 18.8 Å². The van der Waals surface area contributed by atoms with Crippen LogP contribution in [0.1, 0.15) is 11.1 Å². The highest BCUT2D eigenvalue weighted by atomic mass is 16.5. The lowest BCUT2D eigenvalue weighted by atomic mass is 9.98. The minimum Gasteiger partial charge on any atom is -0.394 e. The second-order valence-electron chi connectivity index (χ2n) is 6.22. The van der Waals surface area contributed by atoms with Gasteiger partial charge in [0.1, 0.15) is 0 Å². The van der Waals surface area contributed by atoms with Crippen LogP contribution in [-0.4, -0.2) is 78.2 Å². The van der Waals surface area contributed by atoms with Crippen LogP contribution in [0.3, 0.4) is 0 Å². The molecule has 0 aliphatic carbocycles. The van der Waals surface area contributed by atoms with Gasteiger partial charge in [-0.2, -0.15) is 0 Å². The highest BCUT2D eigenvalue weighted by molar-refractivity contribution is 5.29. The second kappa shape index (κ2) is 7.53. The van der Waals surface area contributed by atoms with Crippen LogP contribution in [-0.2, 0) is 17.7 Å². The lowest BCUT2D eigenvalue weighted by Gasteiger charge is -2.34. The quantitative estimate of drug-likeness (QED) is 0.730. The molecule has 2 aliphatic rings. The van der Waals surface area contributed by atoms with Crippen molar-refractivity contribution in [2.45, 2.75) is 25.1 Å². The number of hydrogen-bond donors (Lipinski definition) is 2. The van der Waals surface area contributed by atoms with Gasteiger partial charge in [-0.3, -0.25) is 9.80 Å². The maximum Gasteiger partial charge on any atom is 0.0834 e. The highest BCUT2D eigenvalue weighted by Crippen LogP contribution is 2.24. The monoisotopic (exact) mass is 306 g/mol. The van der Waals surface area contributed by atoms with E-state index in [1.54, 1.807) is 0 Å². The molecule has 1 saturated heterocycles. The Morgan fingerprint density at radius 1 is 1.14 bits per heavy atom. The average Bonchev–Trinajstić information content (AvgIpc) is 2.92. The lowest BCUT2D eigenvalue weighted by molar-refractivity contribution is 0.0732. The van der Waals surface area contributed by atoms with E-state index in [1.807, 2.05) is 0 Å². The first-order valence-corrected chi connectivity index (χ1v) is 8.18. The Kier molecular flexibility index (Phi) is 5.44. The molecule has 0 amide bonds. The van der Waals surface area contributed by atoms with E-state index >= 15 is 0 Å². The smallest absolute Gasteiger partial charge is 0.0834 e. The van der Waals surface area contributed by atoms with Crippen molar-refractivity contribution in [3.8, 4) is 0 Å². The molecule has 1 aromatic rings. The van der Waals surface area contributed by atoms with Gasteiger partial charge in [-0.05, 0) is 17.5 Å². The first kappa shape index (κ1) is 15.9. The number of hydrogen-bond acceptors (Lipinski definition) is 5. The van der Waals surface area contributed by atoms with E-state index in [0.717, 1.165) is 32.6 Å². The standard InChI is InChI=1S/C17H26N2O3/c20-8-10-22-9-7-18-12-16(17(21)13-18)19-6-5-14-3-1-2-4-15(14)11-19/h1-4,16-17,20-21H,5-13H2/t16-,17-/m1/s1. The second-order valence-corrected chi connectivity index (χ2v) is 6.22. The molecule has 0 bridgehead atoms. The molecule has 2 atom stereocenters. The summed E-state index contributed by atoms with van der Waals surface area (Å²) < 4.78 is 5.32. The number of nitrogens with zero attached hydrogens (tertiary/aromatic N) is 2. The van der Waals surface area contributed by atoms with Crippen molar-refractivity contribution in [3.05, 3.63) is 35.4 Å². The van der Waals surface area contributed by atoms with Crippen molar-refractivity contribution < 1.29 is 14.9 Å². The molecular formula is C17H26N2O3. The molecule has 3 rings (SSSR count). The number of aliphatic hydroxyl groups excluding tert-OH is 2. The van der Waals surface area contributed by atoms with Crippen LogP contribution in [0.15, 0.2) is 24.3 Å². The van der Waals surface area contributed by atoms with Crippen LogP contribution in [0.4, 0.5) is 0 Å². The third-order valence-electron chi connectivity index (χ3n) is 4.75. The van der Waals surface area contributed by atoms with Gasteiger partial charge in [-0.15, -0.1) is 0 Å². The molecule has 122 valence electrons. The highest BCUT2D eigenvalue weighted by Gasteiger charge is 2.36. The van der Waals surface area contributed by atoms with E-state index in [4.69, 9.17) is 9.84 Å².